The normalized spacial score (nSPS) is 16.7. The molecule has 0 saturated heterocycles. The van der Waals surface area contributed by atoms with Crippen molar-refractivity contribution in [2.75, 3.05) is 26.4 Å². The first-order chi connectivity index (χ1) is 17.9. The average Bonchev–Trinajstić information content (AvgIpc) is 3.32. The van der Waals surface area contributed by atoms with E-state index in [1.165, 1.54) is 0 Å². The monoisotopic (exact) mass is 604 g/mol. The Bertz CT molecular complexity index is 1250. The van der Waals surface area contributed by atoms with E-state index in [2.05, 4.69) is 21.2 Å². The molecule has 0 bridgehead atoms. The molecular formula is C28H27BrCl2N2O4. The first kappa shape index (κ1) is 27.5. The van der Waals surface area contributed by atoms with E-state index in [-0.39, 0.29) is 19.1 Å². The largest absolute Gasteiger partial charge is 0.494 e. The van der Waals surface area contributed by atoms with Gasteiger partial charge < -0.3 is 19.9 Å². The van der Waals surface area contributed by atoms with E-state index in [4.69, 9.17) is 42.8 Å². The molecule has 0 fully saturated rings. The number of aliphatic imine (C=N–C) groups is 1. The molecule has 4 rings (SSSR count). The van der Waals surface area contributed by atoms with Crippen LogP contribution in [0.25, 0.3) is 0 Å². The Labute approximate surface area is 234 Å². The highest BCUT2D eigenvalue weighted by Crippen LogP contribution is 2.28. The summed E-state index contributed by atoms with van der Waals surface area (Å²) < 4.78 is 12.5. The maximum atomic E-state index is 13.5. The van der Waals surface area contributed by atoms with Gasteiger partial charge in [0.1, 0.15) is 12.4 Å². The van der Waals surface area contributed by atoms with Crippen molar-refractivity contribution in [2.45, 2.75) is 24.8 Å². The predicted molar refractivity (Wildman–Crippen MR) is 150 cm³/mol. The third-order valence-electron chi connectivity index (χ3n) is 5.96. The maximum Gasteiger partial charge on any atom is 0.251 e. The third kappa shape index (κ3) is 7.26. The summed E-state index contributed by atoms with van der Waals surface area (Å²) in [5, 5.41) is 13.1. The first-order valence-corrected chi connectivity index (χ1v) is 13.5. The molecule has 194 valence electrons. The van der Waals surface area contributed by atoms with Gasteiger partial charge in [-0.05, 0) is 66.1 Å². The molecule has 0 radical (unpaired) electrons. The average molecular weight is 606 g/mol. The number of aliphatic hydroxyl groups is 1. The van der Waals surface area contributed by atoms with Gasteiger partial charge in [-0.3, -0.25) is 4.79 Å². The number of rotatable bonds is 11. The molecule has 2 N–H and O–H groups in total. The second kappa shape index (κ2) is 12.8. The Hall–Kier alpha value is -2.58. The van der Waals surface area contributed by atoms with Gasteiger partial charge in [0, 0.05) is 46.1 Å². The van der Waals surface area contributed by atoms with Crippen molar-refractivity contribution >= 4 is 50.9 Å². The summed E-state index contributed by atoms with van der Waals surface area (Å²) in [4.78, 5) is 18.4. The Morgan fingerprint density at radius 2 is 1.86 bits per heavy atom. The van der Waals surface area contributed by atoms with Crippen LogP contribution in [0.2, 0.25) is 10.0 Å². The molecule has 9 heteroatoms. The highest BCUT2D eigenvalue weighted by atomic mass is 79.9. The van der Waals surface area contributed by atoms with Crippen LogP contribution in [-0.2, 0) is 22.4 Å². The van der Waals surface area contributed by atoms with Crippen LogP contribution in [0.3, 0.4) is 0 Å². The molecule has 3 aromatic carbocycles. The molecule has 3 aromatic rings. The third-order valence-corrected chi connectivity index (χ3v) is 7.08. The molecule has 0 saturated carbocycles. The Kier molecular flexibility index (Phi) is 9.49. The molecule has 1 atom stereocenters. The van der Waals surface area contributed by atoms with Crippen LogP contribution >= 0.6 is 39.1 Å². The van der Waals surface area contributed by atoms with E-state index < -0.39 is 5.54 Å². The van der Waals surface area contributed by atoms with Crippen molar-refractivity contribution in [3.8, 4) is 5.75 Å². The summed E-state index contributed by atoms with van der Waals surface area (Å²) in [5.41, 5.74) is 1.53. The van der Waals surface area contributed by atoms with Gasteiger partial charge in [0.05, 0.1) is 6.61 Å². The summed E-state index contributed by atoms with van der Waals surface area (Å²) in [6.07, 6.45) is 1.51. The molecule has 6 nitrogen and oxygen atoms in total. The fourth-order valence-electron chi connectivity index (χ4n) is 3.97. The summed E-state index contributed by atoms with van der Waals surface area (Å²) in [6, 6.07) is 20.5. The van der Waals surface area contributed by atoms with Crippen molar-refractivity contribution in [1.29, 1.82) is 0 Å². The van der Waals surface area contributed by atoms with E-state index in [0.29, 0.717) is 54.1 Å². The topological polar surface area (TPSA) is 80.2 Å². The van der Waals surface area contributed by atoms with E-state index in [1.54, 1.807) is 12.1 Å². The lowest BCUT2D eigenvalue weighted by atomic mass is 9.91. The van der Waals surface area contributed by atoms with Crippen molar-refractivity contribution in [3.05, 3.63) is 97.9 Å². The zero-order valence-electron chi connectivity index (χ0n) is 20.1. The van der Waals surface area contributed by atoms with E-state index in [0.717, 1.165) is 21.2 Å². The first-order valence-electron chi connectivity index (χ1n) is 11.9. The van der Waals surface area contributed by atoms with E-state index in [1.807, 2.05) is 54.6 Å². The second-order valence-corrected chi connectivity index (χ2v) is 10.5. The van der Waals surface area contributed by atoms with Crippen molar-refractivity contribution in [2.24, 2.45) is 4.99 Å². The number of hydrogen-bond acceptors (Lipinski definition) is 5. The maximum absolute atomic E-state index is 13.5. The van der Waals surface area contributed by atoms with Gasteiger partial charge in [-0.25, -0.2) is 4.99 Å². The number of ether oxygens (including phenoxy) is 2. The lowest BCUT2D eigenvalue weighted by Crippen LogP contribution is -2.49. The number of halogens is 3. The van der Waals surface area contributed by atoms with Crippen LogP contribution in [-0.4, -0.2) is 48.8 Å². The number of hydrogen-bond donors (Lipinski definition) is 2. The van der Waals surface area contributed by atoms with Crippen LogP contribution in [0, 0.1) is 0 Å². The highest BCUT2D eigenvalue weighted by Gasteiger charge is 2.44. The minimum atomic E-state index is -1.11. The molecule has 1 aliphatic rings. The van der Waals surface area contributed by atoms with Crippen LogP contribution in [0.15, 0.2) is 76.2 Å². The molecule has 0 spiro atoms. The lowest BCUT2D eigenvalue weighted by Gasteiger charge is -2.23. The van der Waals surface area contributed by atoms with Crippen LogP contribution in [0.5, 0.6) is 5.75 Å². The van der Waals surface area contributed by atoms with Crippen LogP contribution in [0.4, 0.5) is 0 Å². The van der Waals surface area contributed by atoms with Gasteiger partial charge in [-0.15, -0.1) is 0 Å². The summed E-state index contributed by atoms with van der Waals surface area (Å²) in [6.45, 7) is 1.04. The molecule has 0 aliphatic carbocycles. The molecule has 0 aromatic heterocycles. The van der Waals surface area contributed by atoms with Gasteiger partial charge in [0.25, 0.3) is 5.91 Å². The quantitative estimate of drug-likeness (QED) is 0.278. The Morgan fingerprint density at radius 3 is 2.57 bits per heavy atom. The molecule has 37 heavy (non-hydrogen) atoms. The van der Waals surface area contributed by atoms with E-state index >= 15 is 0 Å². The van der Waals surface area contributed by atoms with Crippen LogP contribution in [0.1, 0.15) is 23.1 Å². The summed E-state index contributed by atoms with van der Waals surface area (Å²) in [5.74, 6) is 0.893. The Balaban J connectivity index is 1.51. The number of aliphatic hydroxyl groups excluding tert-OH is 1. The lowest BCUT2D eigenvalue weighted by molar-refractivity contribution is -0.126. The number of amides is 1. The number of nitrogens with one attached hydrogen (secondary N) is 1. The zero-order valence-corrected chi connectivity index (χ0v) is 23.2. The van der Waals surface area contributed by atoms with Crippen molar-refractivity contribution < 1.29 is 19.4 Å². The Morgan fingerprint density at radius 1 is 1.11 bits per heavy atom. The second-order valence-electron chi connectivity index (χ2n) is 8.73. The van der Waals surface area contributed by atoms with Gasteiger partial charge in [0.2, 0.25) is 5.90 Å². The van der Waals surface area contributed by atoms with Crippen LogP contribution < -0.4 is 10.1 Å². The van der Waals surface area contributed by atoms with Gasteiger partial charge in [0.15, 0.2) is 5.54 Å². The summed E-state index contributed by atoms with van der Waals surface area (Å²) in [7, 11) is 0. The number of nitrogens with zero attached hydrogens (tertiary/aromatic N) is 1. The minimum Gasteiger partial charge on any atom is -0.494 e. The van der Waals surface area contributed by atoms with Crippen molar-refractivity contribution in [1.82, 2.24) is 5.32 Å². The fourth-order valence-corrected chi connectivity index (χ4v) is 4.74. The van der Waals surface area contributed by atoms with E-state index in [9.17, 15) is 4.79 Å². The van der Waals surface area contributed by atoms with Crippen molar-refractivity contribution in [3.63, 3.8) is 0 Å². The highest BCUT2D eigenvalue weighted by molar-refractivity contribution is 9.10. The number of benzene rings is 3. The SMILES string of the molecule is O=C(NCCc1ccc(Cl)cc1Cl)[C@@]1(Cc2ccc(Br)cc2)COC(c2ccc(OCCCO)cc2)=N1. The molecular weight excluding hydrogens is 579 g/mol. The zero-order chi connectivity index (χ0) is 26.3. The standard InChI is InChI=1S/C28H27BrCl2N2O4/c29-22-7-2-19(3-8-22)17-28(27(35)32-13-12-20-4-9-23(30)16-25(20)31)18-37-26(33-28)21-5-10-24(11-6-21)36-15-1-14-34/h2-11,16,34H,1,12-15,17-18H2,(H,32,35)/t28-/m1/s1. The molecule has 1 aliphatic heterocycles. The number of carbonyl (C=O) groups excluding carboxylic acids is 1. The minimum absolute atomic E-state index is 0.0813. The predicted octanol–water partition coefficient (Wildman–Crippen LogP) is 5.63. The molecule has 1 heterocycles. The van der Waals surface area contributed by atoms with Gasteiger partial charge in [-0.1, -0.05) is 57.3 Å². The summed E-state index contributed by atoms with van der Waals surface area (Å²) >= 11 is 15.7. The van der Waals surface area contributed by atoms with Gasteiger partial charge >= 0.3 is 0 Å². The van der Waals surface area contributed by atoms with Gasteiger partial charge in [-0.2, -0.15) is 0 Å². The molecule has 0 unspecified atom stereocenters. The molecule has 1 amide bonds. The smallest absolute Gasteiger partial charge is 0.251 e. The fraction of sp³-hybridized carbons (Fsp3) is 0.286. The number of carbonyl (C=O) groups is 1.